The predicted octanol–water partition coefficient (Wildman–Crippen LogP) is 2.93. The first-order chi connectivity index (χ1) is 8.58. The molecule has 1 aromatic heterocycles. The van der Waals surface area contributed by atoms with Crippen LogP contribution in [0.25, 0.3) is 0 Å². The first kappa shape index (κ1) is 12.5. The fourth-order valence-corrected chi connectivity index (χ4v) is 1.82. The Morgan fingerprint density at radius 2 is 2.06 bits per heavy atom. The summed E-state index contributed by atoms with van der Waals surface area (Å²) in [5.74, 6) is 1.56. The van der Waals surface area contributed by atoms with Crippen molar-refractivity contribution >= 4 is 5.82 Å². The van der Waals surface area contributed by atoms with E-state index in [-0.39, 0.29) is 6.04 Å². The maximum absolute atomic E-state index is 5.89. The summed E-state index contributed by atoms with van der Waals surface area (Å²) in [5, 5.41) is 4.42. The second kappa shape index (κ2) is 5.12. The number of ether oxygens (including phenoxy) is 1. The molecule has 1 aromatic carbocycles. The summed E-state index contributed by atoms with van der Waals surface area (Å²) in [4.78, 5) is 0. The molecule has 4 heteroatoms. The van der Waals surface area contributed by atoms with Crippen LogP contribution < -0.4 is 10.5 Å². The molecule has 96 valence electrons. The lowest BCUT2D eigenvalue weighted by molar-refractivity contribution is 0.296. The number of nitrogens with zero attached hydrogens (tertiary/aromatic N) is 2. The van der Waals surface area contributed by atoms with Gasteiger partial charge in [0.2, 0.25) is 0 Å². The van der Waals surface area contributed by atoms with Crippen LogP contribution in [0, 0.1) is 6.92 Å². The van der Waals surface area contributed by atoms with E-state index >= 15 is 0 Å². The summed E-state index contributed by atoms with van der Waals surface area (Å²) in [5.41, 5.74) is 7.86. The van der Waals surface area contributed by atoms with E-state index in [0.717, 1.165) is 17.0 Å². The van der Waals surface area contributed by atoms with E-state index in [1.807, 2.05) is 37.3 Å². The third kappa shape index (κ3) is 2.64. The zero-order valence-corrected chi connectivity index (χ0v) is 11.1. The maximum atomic E-state index is 5.89. The number of nitrogen functional groups attached to an aromatic ring is 1. The van der Waals surface area contributed by atoms with Gasteiger partial charge >= 0.3 is 0 Å². The molecule has 2 aromatic rings. The minimum Gasteiger partial charge on any atom is -0.487 e. The summed E-state index contributed by atoms with van der Waals surface area (Å²) >= 11 is 0. The van der Waals surface area contributed by atoms with E-state index in [0.29, 0.717) is 12.4 Å². The first-order valence-corrected chi connectivity index (χ1v) is 6.10. The third-order valence-corrected chi connectivity index (χ3v) is 2.77. The lowest BCUT2D eigenvalue weighted by Gasteiger charge is -2.08. The maximum Gasteiger partial charge on any atom is 0.132 e. The van der Waals surface area contributed by atoms with Crippen molar-refractivity contribution in [3.63, 3.8) is 0 Å². The molecule has 18 heavy (non-hydrogen) atoms. The molecule has 2 N–H and O–H groups in total. The highest BCUT2D eigenvalue weighted by Gasteiger charge is 2.08. The van der Waals surface area contributed by atoms with Gasteiger partial charge in [-0.3, -0.25) is 0 Å². The smallest absolute Gasteiger partial charge is 0.132 e. The fourth-order valence-electron chi connectivity index (χ4n) is 1.82. The second-order valence-corrected chi connectivity index (χ2v) is 4.65. The van der Waals surface area contributed by atoms with Crippen LogP contribution in [0.2, 0.25) is 0 Å². The van der Waals surface area contributed by atoms with Crippen LogP contribution in [0.5, 0.6) is 5.75 Å². The first-order valence-electron chi connectivity index (χ1n) is 6.10. The number of hydrogen-bond donors (Lipinski definition) is 1. The number of anilines is 1. The number of rotatable bonds is 4. The molecule has 2 rings (SSSR count). The Balaban J connectivity index is 2.07. The summed E-state index contributed by atoms with van der Waals surface area (Å²) in [7, 11) is 0. The number of nitrogens with two attached hydrogens (primary N) is 1. The van der Waals surface area contributed by atoms with Crippen molar-refractivity contribution in [3.05, 3.63) is 41.6 Å². The largest absolute Gasteiger partial charge is 0.487 e. The summed E-state index contributed by atoms with van der Waals surface area (Å²) in [6, 6.07) is 10.1. The Labute approximate surface area is 107 Å². The van der Waals surface area contributed by atoms with E-state index in [4.69, 9.17) is 10.5 Å². The lowest BCUT2D eigenvalue weighted by Crippen LogP contribution is -2.07. The highest BCUT2D eigenvalue weighted by Crippen LogP contribution is 2.19. The van der Waals surface area contributed by atoms with E-state index in [9.17, 15) is 0 Å². The number of aromatic nitrogens is 2. The second-order valence-electron chi connectivity index (χ2n) is 4.65. The van der Waals surface area contributed by atoms with Crippen molar-refractivity contribution in [2.75, 3.05) is 5.73 Å². The van der Waals surface area contributed by atoms with E-state index in [1.54, 1.807) is 4.68 Å². The average Bonchev–Trinajstić information content (AvgIpc) is 2.70. The number of para-hydroxylation sites is 1. The molecule has 0 unspecified atom stereocenters. The zero-order chi connectivity index (χ0) is 13.1. The molecule has 4 nitrogen and oxygen atoms in total. The van der Waals surface area contributed by atoms with Gasteiger partial charge in [0.25, 0.3) is 0 Å². The van der Waals surface area contributed by atoms with E-state index in [2.05, 4.69) is 18.9 Å². The van der Waals surface area contributed by atoms with Crippen molar-refractivity contribution in [3.8, 4) is 5.75 Å². The fraction of sp³-hybridized carbons (Fsp3) is 0.357. The molecule has 0 aliphatic heterocycles. The van der Waals surface area contributed by atoms with Crippen LogP contribution in [-0.4, -0.2) is 9.78 Å². The molecule has 0 fully saturated rings. The van der Waals surface area contributed by atoms with Gasteiger partial charge in [-0.25, -0.2) is 4.68 Å². The topological polar surface area (TPSA) is 53.1 Å². The van der Waals surface area contributed by atoms with E-state index in [1.165, 1.54) is 0 Å². The normalized spacial score (nSPS) is 10.9. The molecule has 0 saturated carbocycles. The van der Waals surface area contributed by atoms with Gasteiger partial charge in [-0.15, -0.1) is 0 Å². The summed E-state index contributed by atoms with van der Waals surface area (Å²) in [6.45, 7) is 6.57. The molecule has 0 atom stereocenters. The quantitative estimate of drug-likeness (QED) is 0.901. The van der Waals surface area contributed by atoms with Crippen molar-refractivity contribution in [2.24, 2.45) is 0 Å². The Morgan fingerprint density at radius 1 is 1.33 bits per heavy atom. The monoisotopic (exact) mass is 245 g/mol. The molecule has 0 spiro atoms. The minimum absolute atomic E-state index is 0.261. The van der Waals surface area contributed by atoms with Gasteiger partial charge in [0.05, 0.1) is 0 Å². The molecule has 0 radical (unpaired) electrons. The van der Waals surface area contributed by atoms with Gasteiger partial charge in [0.1, 0.15) is 23.9 Å². The number of benzene rings is 1. The van der Waals surface area contributed by atoms with Gasteiger partial charge in [-0.05, 0) is 32.4 Å². The molecular weight excluding hydrogens is 226 g/mol. The Morgan fingerprint density at radius 3 is 2.67 bits per heavy atom. The SMILES string of the molecule is Cc1ccccc1OCc1cc(N)n(C(C)C)n1. The van der Waals surface area contributed by atoms with Crippen molar-refractivity contribution in [1.29, 1.82) is 0 Å². The van der Waals surface area contributed by atoms with Crippen molar-refractivity contribution in [1.82, 2.24) is 9.78 Å². The predicted molar refractivity (Wildman–Crippen MR) is 72.5 cm³/mol. The zero-order valence-electron chi connectivity index (χ0n) is 11.1. The average molecular weight is 245 g/mol. The lowest BCUT2D eigenvalue weighted by atomic mass is 10.2. The van der Waals surface area contributed by atoms with Crippen LogP contribution in [0.4, 0.5) is 5.82 Å². The van der Waals surface area contributed by atoms with Gasteiger partial charge in [0.15, 0.2) is 0 Å². The third-order valence-electron chi connectivity index (χ3n) is 2.77. The van der Waals surface area contributed by atoms with Crippen LogP contribution >= 0.6 is 0 Å². The van der Waals surface area contributed by atoms with Crippen LogP contribution in [0.3, 0.4) is 0 Å². The van der Waals surface area contributed by atoms with Crippen LogP contribution in [-0.2, 0) is 6.61 Å². The Bertz CT molecular complexity index is 532. The molecule has 0 aliphatic rings. The highest BCUT2D eigenvalue weighted by molar-refractivity contribution is 5.33. The molecule has 0 amide bonds. The van der Waals surface area contributed by atoms with Crippen molar-refractivity contribution in [2.45, 2.75) is 33.4 Å². The number of hydrogen-bond acceptors (Lipinski definition) is 3. The summed E-state index contributed by atoms with van der Waals surface area (Å²) < 4.78 is 7.54. The van der Waals surface area contributed by atoms with Gasteiger partial charge in [-0.1, -0.05) is 18.2 Å². The Hall–Kier alpha value is -1.97. The molecule has 1 heterocycles. The van der Waals surface area contributed by atoms with Crippen LogP contribution in [0.15, 0.2) is 30.3 Å². The summed E-state index contributed by atoms with van der Waals surface area (Å²) in [6.07, 6.45) is 0. The van der Waals surface area contributed by atoms with Crippen LogP contribution in [0.1, 0.15) is 31.1 Å². The number of aryl methyl sites for hydroxylation is 1. The Kier molecular flexibility index (Phi) is 3.55. The molecule has 0 saturated heterocycles. The minimum atomic E-state index is 0.261. The van der Waals surface area contributed by atoms with Gasteiger partial charge < -0.3 is 10.5 Å². The standard InChI is InChI=1S/C14H19N3O/c1-10(2)17-14(15)8-12(16-17)9-18-13-7-5-4-6-11(13)3/h4-8,10H,9,15H2,1-3H3. The van der Waals surface area contributed by atoms with Gasteiger partial charge in [0, 0.05) is 12.1 Å². The molecule has 0 bridgehead atoms. The molecular formula is C14H19N3O. The van der Waals surface area contributed by atoms with Gasteiger partial charge in [-0.2, -0.15) is 5.10 Å². The molecule has 0 aliphatic carbocycles. The van der Waals surface area contributed by atoms with E-state index < -0.39 is 0 Å². The highest BCUT2D eigenvalue weighted by atomic mass is 16.5. The van der Waals surface area contributed by atoms with Crippen molar-refractivity contribution < 1.29 is 4.74 Å².